The summed E-state index contributed by atoms with van der Waals surface area (Å²) in [6.45, 7) is 9.30. The summed E-state index contributed by atoms with van der Waals surface area (Å²) in [5.74, 6) is 7.03. The van der Waals surface area contributed by atoms with Gasteiger partial charge in [-0.05, 0) is 82.3 Å². The van der Waals surface area contributed by atoms with E-state index in [-0.39, 0.29) is 16.3 Å². The first-order chi connectivity index (χ1) is 16.0. The average Bonchev–Trinajstić information content (AvgIpc) is 3.00. The number of hydrogen-bond donors (Lipinski definition) is 1. The SMILES string of the molecule is CCOC(=O)CCCCC[n+]1cc(C#Cc2ccc(S(=O)(=O)O)cc2)cc2c1N=C(C)C2(C)C. The molecular formula is C26H31N2O5S+. The van der Waals surface area contributed by atoms with Crippen molar-refractivity contribution in [3.8, 4) is 11.8 Å². The van der Waals surface area contributed by atoms with Crippen molar-refractivity contribution in [2.75, 3.05) is 6.61 Å². The second-order valence-electron chi connectivity index (χ2n) is 8.85. The van der Waals surface area contributed by atoms with Gasteiger partial charge < -0.3 is 4.74 Å². The van der Waals surface area contributed by atoms with Crippen LogP contribution in [0.3, 0.4) is 0 Å². The summed E-state index contributed by atoms with van der Waals surface area (Å²) < 4.78 is 38.7. The van der Waals surface area contributed by atoms with Crippen molar-refractivity contribution in [2.24, 2.45) is 4.99 Å². The van der Waals surface area contributed by atoms with E-state index in [0.717, 1.165) is 48.5 Å². The van der Waals surface area contributed by atoms with Crippen LogP contribution in [0.1, 0.15) is 70.1 Å². The Balaban J connectivity index is 1.80. The molecular weight excluding hydrogens is 452 g/mol. The highest BCUT2D eigenvalue weighted by molar-refractivity contribution is 7.85. The Hall–Kier alpha value is -3.02. The molecule has 0 bridgehead atoms. The Kier molecular flexibility index (Phi) is 7.90. The maximum atomic E-state index is 11.5. The number of benzene rings is 1. The van der Waals surface area contributed by atoms with Gasteiger partial charge in [0.25, 0.3) is 10.1 Å². The Morgan fingerprint density at radius 3 is 2.44 bits per heavy atom. The molecule has 1 aliphatic rings. The van der Waals surface area contributed by atoms with E-state index in [1.165, 1.54) is 12.1 Å². The number of rotatable bonds is 8. The maximum Gasteiger partial charge on any atom is 0.327 e. The van der Waals surface area contributed by atoms with Crippen LogP contribution >= 0.6 is 0 Å². The van der Waals surface area contributed by atoms with Gasteiger partial charge in [0.2, 0.25) is 0 Å². The maximum absolute atomic E-state index is 11.5. The predicted octanol–water partition coefficient (Wildman–Crippen LogP) is 4.13. The topological polar surface area (TPSA) is 96.9 Å². The summed E-state index contributed by atoms with van der Waals surface area (Å²) in [4.78, 5) is 16.2. The molecule has 1 aliphatic heterocycles. The average molecular weight is 484 g/mol. The van der Waals surface area contributed by atoms with Crippen molar-refractivity contribution in [3.63, 3.8) is 0 Å². The van der Waals surface area contributed by atoms with E-state index in [4.69, 9.17) is 14.3 Å². The minimum Gasteiger partial charge on any atom is -0.466 e. The molecule has 7 nitrogen and oxygen atoms in total. The van der Waals surface area contributed by atoms with Gasteiger partial charge in [-0.25, -0.2) is 4.57 Å². The highest BCUT2D eigenvalue weighted by Crippen LogP contribution is 2.38. The molecule has 2 aromatic rings. The molecule has 0 atom stereocenters. The molecule has 0 unspecified atom stereocenters. The third-order valence-electron chi connectivity index (χ3n) is 6.05. The minimum absolute atomic E-state index is 0.153. The van der Waals surface area contributed by atoms with Crippen molar-refractivity contribution in [1.29, 1.82) is 0 Å². The molecule has 34 heavy (non-hydrogen) atoms. The zero-order valence-corrected chi connectivity index (χ0v) is 20.9. The van der Waals surface area contributed by atoms with Gasteiger partial charge in [-0.3, -0.25) is 9.35 Å². The van der Waals surface area contributed by atoms with Crippen LogP contribution in [0.2, 0.25) is 0 Å². The summed E-state index contributed by atoms with van der Waals surface area (Å²) in [6.07, 6.45) is 5.02. The number of aryl methyl sites for hydroxylation is 1. The number of aromatic nitrogens is 1. The van der Waals surface area contributed by atoms with Crippen molar-refractivity contribution in [3.05, 3.63) is 53.2 Å². The van der Waals surface area contributed by atoms with Gasteiger partial charge in [-0.15, -0.1) is 0 Å². The lowest BCUT2D eigenvalue weighted by Gasteiger charge is -2.16. The van der Waals surface area contributed by atoms with E-state index in [0.29, 0.717) is 18.6 Å². The van der Waals surface area contributed by atoms with Gasteiger partial charge in [-0.2, -0.15) is 8.42 Å². The van der Waals surface area contributed by atoms with Gasteiger partial charge in [0.1, 0.15) is 11.9 Å². The molecule has 1 N–H and O–H groups in total. The molecule has 0 saturated carbocycles. The molecule has 1 aromatic heterocycles. The molecule has 180 valence electrons. The van der Waals surface area contributed by atoms with Gasteiger partial charge in [-0.1, -0.05) is 11.8 Å². The second kappa shape index (κ2) is 10.5. The van der Waals surface area contributed by atoms with E-state index in [2.05, 4.69) is 36.3 Å². The van der Waals surface area contributed by atoms with Crippen molar-refractivity contribution >= 4 is 27.6 Å². The smallest absolute Gasteiger partial charge is 0.327 e. The monoisotopic (exact) mass is 483 g/mol. The minimum atomic E-state index is -4.23. The van der Waals surface area contributed by atoms with E-state index < -0.39 is 10.1 Å². The summed E-state index contributed by atoms with van der Waals surface area (Å²) in [5.41, 5.74) is 3.44. The molecule has 0 radical (unpaired) electrons. The Bertz CT molecular complexity index is 1270. The zero-order valence-electron chi connectivity index (χ0n) is 20.1. The number of ether oxygens (including phenoxy) is 1. The van der Waals surface area contributed by atoms with Crippen LogP contribution in [0, 0.1) is 11.8 Å². The summed E-state index contributed by atoms with van der Waals surface area (Å²) >= 11 is 0. The number of hydrogen-bond acceptors (Lipinski definition) is 5. The number of aliphatic imine (C=N–C) groups is 1. The van der Waals surface area contributed by atoms with Crippen molar-refractivity contribution in [2.45, 2.75) is 70.2 Å². The normalized spacial score (nSPS) is 14.1. The van der Waals surface area contributed by atoms with Crippen LogP contribution in [0.4, 0.5) is 5.82 Å². The van der Waals surface area contributed by atoms with Crippen LogP contribution < -0.4 is 4.57 Å². The summed E-state index contributed by atoms with van der Waals surface area (Å²) in [5, 5.41) is 0. The number of pyridine rings is 1. The van der Waals surface area contributed by atoms with E-state index in [1.807, 2.05) is 20.0 Å². The Labute approximate surface area is 201 Å². The molecule has 0 saturated heterocycles. The first-order valence-corrected chi connectivity index (χ1v) is 12.9. The fourth-order valence-electron chi connectivity index (χ4n) is 3.77. The van der Waals surface area contributed by atoms with Gasteiger partial charge >= 0.3 is 11.8 Å². The molecule has 0 spiro atoms. The van der Waals surface area contributed by atoms with Gasteiger partial charge in [0.15, 0.2) is 0 Å². The number of unbranched alkanes of at least 4 members (excludes halogenated alkanes) is 2. The lowest BCUT2D eigenvalue weighted by molar-refractivity contribution is -0.685. The third kappa shape index (κ3) is 6.10. The third-order valence-corrected chi connectivity index (χ3v) is 6.92. The van der Waals surface area contributed by atoms with Crippen LogP contribution in [-0.4, -0.2) is 31.3 Å². The van der Waals surface area contributed by atoms with Crippen molar-refractivity contribution in [1.82, 2.24) is 0 Å². The standard InChI is InChI=1S/C26H30N2O5S/c1-5-33-24(29)9-7-6-8-16-28-18-21(17-23-25(28)27-19(2)26(23,3)4)11-10-20-12-14-22(15-13-20)34(30,31)32/h12-15,17-18H,5-9,16H2,1-4H3/p+1. The lowest BCUT2D eigenvalue weighted by atomic mass is 9.82. The van der Waals surface area contributed by atoms with Gasteiger partial charge in [0.05, 0.1) is 34.6 Å². The summed E-state index contributed by atoms with van der Waals surface area (Å²) in [7, 11) is -4.23. The molecule has 0 fully saturated rings. The number of fused-ring (bicyclic) bond motifs is 1. The molecule has 2 heterocycles. The van der Waals surface area contributed by atoms with Gasteiger partial charge in [0, 0.05) is 12.0 Å². The van der Waals surface area contributed by atoms with Crippen LogP contribution in [0.25, 0.3) is 0 Å². The molecule has 0 aliphatic carbocycles. The van der Waals surface area contributed by atoms with E-state index in [1.54, 1.807) is 12.1 Å². The van der Waals surface area contributed by atoms with Crippen LogP contribution in [-0.2, 0) is 31.6 Å². The van der Waals surface area contributed by atoms with Crippen LogP contribution in [0.15, 0.2) is 46.4 Å². The quantitative estimate of drug-likeness (QED) is 0.200. The predicted molar refractivity (Wildman–Crippen MR) is 130 cm³/mol. The molecule has 3 rings (SSSR count). The lowest BCUT2D eigenvalue weighted by Crippen LogP contribution is -2.35. The number of nitrogens with zero attached hydrogens (tertiary/aromatic N) is 2. The van der Waals surface area contributed by atoms with Crippen molar-refractivity contribution < 1.29 is 27.1 Å². The molecule has 8 heteroatoms. The molecule has 1 aromatic carbocycles. The van der Waals surface area contributed by atoms with Crippen LogP contribution in [0.5, 0.6) is 0 Å². The fraction of sp³-hybridized carbons (Fsp3) is 0.423. The highest BCUT2D eigenvalue weighted by Gasteiger charge is 2.41. The number of carbonyl (C=O) groups is 1. The zero-order chi connectivity index (χ0) is 24.9. The highest BCUT2D eigenvalue weighted by atomic mass is 32.2. The number of esters is 1. The first-order valence-electron chi connectivity index (χ1n) is 11.4. The first kappa shape index (κ1) is 25.6. The summed E-state index contributed by atoms with van der Waals surface area (Å²) in [6, 6.07) is 7.86. The fourth-order valence-corrected chi connectivity index (χ4v) is 4.25. The number of carbonyl (C=O) groups excluding carboxylic acids is 1. The largest absolute Gasteiger partial charge is 0.466 e. The van der Waals surface area contributed by atoms with E-state index in [9.17, 15) is 13.2 Å². The second-order valence-corrected chi connectivity index (χ2v) is 10.3. The van der Waals surface area contributed by atoms with E-state index >= 15 is 0 Å². The molecule has 0 amide bonds. The Morgan fingerprint density at radius 2 is 1.79 bits per heavy atom. The Morgan fingerprint density at radius 1 is 1.12 bits per heavy atom.